The van der Waals surface area contributed by atoms with Crippen LogP contribution < -0.4 is 14.5 Å². The summed E-state index contributed by atoms with van der Waals surface area (Å²) in [6.07, 6.45) is -1.82. The number of alkyl halides is 3. The van der Waals surface area contributed by atoms with E-state index in [0.717, 1.165) is 50.7 Å². The van der Waals surface area contributed by atoms with E-state index in [4.69, 9.17) is 4.74 Å². The standard InChI is InChI=1S/C28H36F3N3O/c1-18-19(2)25-23(26(27(4,5)35-25)34-12-6-7-13-34)20(3)24(18)33-16-14-32(15-17-33)22-10-8-21(9-11-22)28(29,30)31/h8-11,26H,6-7,12-17H2,1-5H3. The van der Waals surface area contributed by atoms with Crippen LogP contribution >= 0.6 is 0 Å². The lowest BCUT2D eigenvalue weighted by atomic mass is 9.87. The quantitative estimate of drug-likeness (QED) is 0.508. The number of hydrogen-bond donors (Lipinski definition) is 0. The molecule has 2 saturated heterocycles. The summed E-state index contributed by atoms with van der Waals surface area (Å²) in [5.74, 6) is 1.06. The molecule has 35 heavy (non-hydrogen) atoms. The Labute approximate surface area is 206 Å². The highest BCUT2D eigenvalue weighted by Gasteiger charge is 2.47. The molecule has 2 fully saturated rings. The highest BCUT2D eigenvalue weighted by atomic mass is 19.4. The zero-order valence-corrected chi connectivity index (χ0v) is 21.4. The predicted octanol–water partition coefficient (Wildman–Crippen LogP) is 6.27. The summed E-state index contributed by atoms with van der Waals surface area (Å²) in [6.45, 7) is 16.5. The second kappa shape index (κ2) is 8.61. The van der Waals surface area contributed by atoms with Crippen molar-refractivity contribution in [3.05, 3.63) is 52.1 Å². The normalized spacial score (nSPS) is 22.5. The van der Waals surface area contributed by atoms with Crippen molar-refractivity contribution in [3.8, 4) is 5.75 Å². The number of hydrogen-bond acceptors (Lipinski definition) is 4. The zero-order valence-electron chi connectivity index (χ0n) is 21.4. The molecule has 0 aliphatic carbocycles. The van der Waals surface area contributed by atoms with E-state index in [1.807, 2.05) is 0 Å². The first-order valence-corrected chi connectivity index (χ1v) is 12.7. The molecule has 0 radical (unpaired) electrons. The second-order valence-electron chi connectivity index (χ2n) is 10.8. The fraction of sp³-hybridized carbons (Fsp3) is 0.571. The SMILES string of the molecule is Cc1c(C)c(N2CCN(c3ccc(C(F)(F)F)cc3)CC2)c(C)c2c1OC(C)(C)C2N1CCCC1. The molecular weight excluding hydrogens is 451 g/mol. The molecule has 1 unspecified atom stereocenters. The van der Waals surface area contributed by atoms with Crippen molar-refractivity contribution in [1.29, 1.82) is 0 Å². The third-order valence-electron chi connectivity index (χ3n) is 8.22. The van der Waals surface area contributed by atoms with Crippen molar-refractivity contribution in [1.82, 2.24) is 4.90 Å². The van der Waals surface area contributed by atoms with Crippen LogP contribution in [-0.4, -0.2) is 49.8 Å². The first-order chi connectivity index (χ1) is 16.5. The van der Waals surface area contributed by atoms with Gasteiger partial charge in [0.1, 0.15) is 11.4 Å². The van der Waals surface area contributed by atoms with Crippen molar-refractivity contribution < 1.29 is 17.9 Å². The Balaban J connectivity index is 1.41. The van der Waals surface area contributed by atoms with Gasteiger partial charge >= 0.3 is 6.18 Å². The van der Waals surface area contributed by atoms with Gasteiger partial charge in [-0.25, -0.2) is 0 Å². The maximum Gasteiger partial charge on any atom is 0.416 e. The second-order valence-corrected chi connectivity index (χ2v) is 10.8. The van der Waals surface area contributed by atoms with Crippen molar-refractivity contribution >= 4 is 11.4 Å². The lowest BCUT2D eigenvalue weighted by Gasteiger charge is -2.40. The molecule has 5 rings (SSSR count). The summed E-state index contributed by atoms with van der Waals surface area (Å²) in [4.78, 5) is 7.24. The molecule has 3 aliphatic rings. The maximum atomic E-state index is 12.9. The fourth-order valence-electron chi connectivity index (χ4n) is 6.40. The van der Waals surface area contributed by atoms with Gasteiger partial charge in [-0.3, -0.25) is 4.90 Å². The van der Waals surface area contributed by atoms with Gasteiger partial charge in [0, 0.05) is 43.1 Å². The third-order valence-corrected chi connectivity index (χ3v) is 8.22. The van der Waals surface area contributed by atoms with E-state index in [-0.39, 0.29) is 11.6 Å². The van der Waals surface area contributed by atoms with E-state index in [2.05, 4.69) is 49.3 Å². The van der Waals surface area contributed by atoms with Gasteiger partial charge in [-0.05, 0) is 102 Å². The maximum absolute atomic E-state index is 12.9. The third kappa shape index (κ3) is 4.15. The number of piperazine rings is 1. The number of likely N-dealkylation sites (tertiary alicyclic amines) is 1. The average molecular weight is 488 g/mol. The number of nitrogens with zero attached hydrogens (tertiary/aromatic N) is 3. The van der Waals surface area contributed by atoms with E-state index in [0.29, 0.717) is 0 Å². The van der Waals surface area contributed by atoms with Crippen molar-refractivity contribution in [2.45, 2.75) is 65.3 Å². The van der Waals surface area contributed by atoms with Crippen LogP contribution in [0.15, 0.2) is 24.3 Å². The number of ether oxygens (including phenoxy) is 1. The molecule has 1 atom stereocenters. The van der Waals surface area contributed by atoms with Crippen LogP contribution in [0.3, 0.4) is 0 Å². The molecule has 190 valence electrons. The van der Waals surface area contributed by atoms with Crippen molar-refractivity contribution in [2.24, 2.45) is 0 Å². The Morgan fingerprint density at radius 2 is 1.37 bits per heavy atom. The lowest BCUT2D eigenvalue weighted by Crippen LogP contribution is -2.47. The number of benzene rings is 2. The van der Waals surface area contributed by atoms with Crippen LogP contribution in [0, 0.1) is 20.8 Å². The van der Waals surface area contributed by atoms with Gasteiger partial charge in [-0.2, -0.15) is 13.2 Å². The average Bonchev–Trinajstić information content (AvgIpc) is 3.43. The van der Waals surface area contributed by atoms with Gasteiger partial charge < -0.3 is 14.5 Å². The van der Waals surface area contributed by atoms with Crippen molar-refractivity contribution in [3.63, 3.8) is 0 Å². The van der Waals surface area contributed by atoms with E-state index in [9.17, 15) is 13.2 Å². The Morgan fingerprint density at radius 3 is 1.94 bits per heavy atom. The summed E-state index contributed by atoms with van der Waals surface area (Å²) in [5, 5.41) is 0. The molecular formula is C28H36F3N3O. The molecule has 0 N–H and O–H groups in total. The minimum absolute atomic E-state index is 0.256. The van der Waals surface area contributed by atoms with Crippen LogP contribution in [0.2, 0.25) is 0 Å². The van der Waals surface area contributed by atoms with Crippen LogP contribution in [0.1, 0.15) is 60.5 Å². The number of anilines is 2. The largest absolute Gasteiger partial charge is 0.485 e. The monoisotopic (exact) mass is 487 g/mol. The number of halogens is 3. The summed E-state index contributed by atoms with van der Waals surface area (Å²) < 4.78 is 45.5. The first-order valence-electron chi connectivity index (χ1n) is 12.7. The Kier molecular flexibility index (Phi) is 5.98. The lowest BCUT2D eigenvalue weighted by molar-refractivity contribution is -0.137. The van der Waals surface area contributed by atoms with Crippen molar-refractivity contribution in [2.75, 3.05) is 49.1 Å². The summed E-state index contributed by atoms with van der Waals surface area (Å²) in [6, 6.07) is 5.80. The summed E-state index contributed by atoms with van der Waals surface area (Å²) >= 11 is 0. The topological polar surface area (TPSA) is 19.0 Å². The molecule has 3 aliphatic heterocycles. The Morgan fingerprint density at radius 1 is 0.800 bits per heavy atom. The zero-order chi connectivity index (χ0) is 25.1. The van der Waals surface area contributed by atoms with Gasteiger partial charge in [0.15, 0.2) is 0 Å². The number of rotatable bonds is 3. The van der Waals surface area contributed by atoms with E-state index >= 15 is 0 Å². The van der Waals surface area contributed by atoms with Gasteiger partial charge in [0.05, 0.1) is 11.6 Å². The van der Waals surface area contributed by atoms with Gasteiger partial charge in [-0.1, -0.05) is 0 Å². The van der Waals surface area contributed by atoms with E-state index in [1.165, 1.54) is 52.9 Å². The molecule has 0 bridgehead atoms. The molecule has 0 saturated carbocycles. The van der Waals surface area contributed by atoms with Crippen LogP contribution in [0.25, 0.3) is 0 Å². The summed E-state index contributed by atoms with van der Waals surface area (Å²) in [7, 11) is 0. The molecule has 2 aromatic rings. The molecule has 4 nitrogen and oxygen atoms in total. The number of fused-ring (bicyclic) bond motifs is 1. The fourth-order valence-corrected chi connectivity index (χ4v) is 6.40. The Hall–Kier alpha value is -2.41. The van der Waals surface area contributed by atoms with Gasteiger partial charge in [0.25, 0.3) is 0 Å². The highest BCUT2D eigenvalue weighted by molar-refractivity contribution is 5.71. The Bertz CT molecular complexity index is 1100. The minimum atomic E-state index is -4.30. The van der Waals surface area contributed by atoms with Crippen LogP contribution in [0.5, 0.6) is 5.75 Å². The van der Waals surface area contributed by atoms with Gasteiger partial charge in [0.2, 0.25) is 0 Å². The molecule has 2 aromatic carbocycles. The first kappa shape index (κ1) is 24.3. The molecule has 0 spiro atoms. The molecule has 7 heteroatoms. The van der Waals surface area contributed by atoms with Crippen LogP contribution in [-0.2, 0) is 6.18 Å². The van der Waals surface area contributed by atoms with Gasteiger partial charge in [-0.15, -0.1) is 0 Å². The predicted molar refractivity (Wildman–Crippen MR) is 135 cm³/mol. The van der Waals surface area contributed by atoms with E-state index in [1.54, 1.807) is 12.1 Å². The van der Waals surface area contributed by atoms with Crippen LogP contribution in [0.4, 0.5) is 24.5 Å². The smallest absolute Gasteiger partial charge is 0.416 e. The molecule has 0 aromatic heterocycles. The van der Waals surface area contributed by atoms with E-state index < -0.39 is 11.7 Å². The molecule has 0 amide bonds. The summed E-state index contributed by atoms with van der Waals surface area (Å²) in [5.41, 5.74) is 6.43. The minimum Gasteiger partial charge on any atom is -0.485 e. The molecule has 3 heterocycles. The highest BCUT2D eigenvalue weighted by Crippen LogP contribution is 2.53.